The number of methoxy groups -OCH3 is 1. The molecule has 156 valence electrons. The fourth-order valence-electron chi connectivity index (χ4n) is 4.03. The number of halogens is 1. The van der Waals surface area contributed by atoms with Gasteiger partial charge in [-0.1, -0.05) is 30.5 Å². The lowest BCUT2D eigenvalue weighted by Gasteiger charge is -2.27. The summed E-state index contributed by atoms with van der Waals surface area (Å²) in [5.41, 5.74) is 2.99. The summed E-state index contributed by atoms with van der Waals surface area (Å²) in [5, 5.41) is 10.7. The van der Waals surface area contributed by atoms with Gasteiger partial charge in [-0.3, -0.25) is 4.79 Å². The number of ether oxygens (including phenoxy) is 1. The highest BCUT2D eigenvalue weighted by molar-refractivity contribution is 6.32. The van der Waals surface area contributed by atoms with Gasteiger partial charge in [0, 0.05) is 25.1 Å². The van der Waals surface area contributed by atoms with E-state index in [1.54, 1.807) is 19.4 Å². The molecule has 2 heterocycles. The predicted octanol–water partition coefficient (Wildman–Crippen LogP) is 4.94. The lowest BCUT2D eigenvalue weighted by molar-refractivity contribution is 0.0632. The molecule has 1 N–H and O–H groups in total. The van der Waals surface area contributed by atoms with Crippen LogP contribution in [0.1, 0.15) is 72.3 Å². The van der Waals surface area contributed by atoms with Crippen molar-refractivity contribution in [1.82, 2.24) is 9.97 Å². The van der Waals surface area contributed by atoms with E-state index in [0.717, 1.165) is 43.2 Å². The molecule has 6 heteroatoms. The van der Waals surface area contributed by atoms with Crippen molar-refractivity contribution in [3.63, 3.8) is 0 Å². The maximum Gasteiger partial charge on any atom is 0.212 e. The highest BCUT2D eigenvalue weighted by atomic mass is 35.5. The van der Waals surface area contributed by atoms with Gasteiger partial charge >= 0.3 is 0 Å². The molecule has 0 aromatic carbocycles. The topological polar surface area (TPSA) is 72.3 Å². The SMILES string of the molecule is COc1ccc(Cc2cc(C(=O)CCCC3CCCC[C@@H]3O)nc(C)c2Cl)cn1. The molecule has 1 aliphatic carbocycles. The maximum absolute atomic E-state index is 12.7. The number of aryl methyl sites for hydroxylation is 1. The number of nitrogens with zero attached hydrogens (tertiary/aromatic N) is 2. The molecule has 3 rings (SSSR count). The van der Waals surface area contributed by atoms with Crippen molar-refractivity contribution in [3.05, 3.63) is 51.9 Å². The van der Waals surface area contributed by atoms with Crippen LogP contribution in [0.3, 0.4) is 0 Å². The summed E-state index contributed by atoms with van der Waals surface area (Å²) in [6.45, 7) is 1.83. The number of aliphatic hydroxyl groups is 1. The molecule has 2 aromatic rings. The van der Waals surface area contributed by atoms with Gasteiger partial charge < -0.3 is 9.84 Å². The Morgan fingerprint density at radius 1 is 1.31 bits per heavy atom. The van der Waals surface area contributed by atoms with Gasteiger partial charge in [-0.15, -0.1) is 0 Å². The Hall–Kier alpha value is -1.98. The fraction of sp³-hybridized carbons (Fsp3) is 0.522. The minimum absolute atomic E-state index is 0.0316. The maximum atomic E-state index is 12.7. The number of pyridine rings is 2. The van der Waals surface area contributed by atoms with Crippen molar-refractivity contribution >= 4 is 17.4 Å². The van der Waals surface area contributed by atoms with E-state index in [9.17, 15) is 9.90 Å². The smallest absolute Gasteiger partial charge is 0.212 e. The third kappa shape index (κ3) is 5.77. The van der Waals surface area contributed by atoms with Crippen LogP contribution in [-0.2, 0) is 6.42 Å². The quantitative estimate of drug-likeness (QED) is 0.617. The summed E-state index contributed by atoms with van der Waals surface area (Å²) in [6, 6.07) is 5.55. The van der Waals surface area contributed by atoms with E-state index < -0.39 is 0 Å². The minimum atomic E-state index is -0.209. The van der Waals surface area contributed by atoms with Crippen molar-refractivity contribution in [3.8, 4) is 5.88 Å². The molecular formula is C23H29ClN2O3. The van der Waals surface area contributed by atoms with Crippen molar-refractivity contribution < 1.29 is 14.6 Å². The standard InChI is InChI=1S/C23H29ClN2O3/c1-15-23(24)18(12-16-10-11-22(29-2)25-14-16)13-19(26-15)21(28)9-5-7-17-6-3-4-8-20(17)27/h10-11,13-14,17,20,27H,3-9,12H2,1-2H3/t17?,20-/m0/s1. The van der Waals surface area contributed by atoms with Crippen LogP contribution in [0.25, 0.3) is 0 Å². The lowest BCUT2D eigenvalue weighted by Crippen LogP contribution is -2.24. The summed E-state index contributed by atoms with van der Waals surface area (Å²) in [4.78, 5) is 21.4. The van der Waals surface area contributed by atoms with Crippen molar-refractivity contribution in [2.45, 2.75) is 64.4 Å². The molecule has 0 radical (unpaired) electrons. The summed E-state index contributed by atoms with van der Waals surface area (Å²) in [6.07, 6.45) is 8.48. The first kappa shape index (κ1) is 21.7. The summed E-state index contributed by atoms with van der Waals surface area (Å²) in [5.74, 6) is 0.920. The third-order valence-corrected chi connectivity index (χ3v) is 6.25. The largest absolute Gasteiger partial charge is 0.481 e. The van der Waals surface area contributed by atoms with E-state index in [0.29, 0.717) is 41.1 Å². The van der Waals surface area contributed by atoms with Gasteiger partial charge in [0.1, 0.15) is 5.69 Å². The summed E-state index contributed by atoms with van der Waals surface area (Å²) >= 11 is 6.45. The molecule has 5 nitrogen and oxygen atoms in total. The van der Waals surface area contributed by atoms with Gasteiger partial charge in [-0.2, -0.15) is 0 Å². The number of carbonyl (C=O) groups is 1. The van der Waals surface area contributed by atoms with Crippen LogP contribution in [0, 0.1) is 12.8 Å². The Bertz CT molecular complexity index is 839. The number of aliphatic hydroxyl groups excluding tert-OH is 1. The second-order valence-electron chi connectivity index (χ2n) is 7.88. The molecule has 2 aromatic heterocycles. The molecule has 1 fully saturated rings. The Kier molecular flexibility index (Phi) is 7.62. The number of hydrogen-bond acceptors (Lipinski definition) is 5. The second kappa shape index (κ2) is 10.2. The number of ketones is 1. The lowest BCUT2D eigenvalue weighted by atomic mass is 9.83. The Morgan fingerprint density at radius 2 is 2.10 bits per heavy atom. The molecule has 0 bridgehead atoms. The van der Waals surface area contributed by atoms with E-state index in [1.807, 2.05) is 19.1 Å². The number of aromatic nitrogens is 2. The third-order valence-electron chi connectivity index (χ3n) is 5.73. The van der Waals surface area contributed by atoms with E-state index in [-0.39, 0.29) is 11.9 Å². The molecular weight excluding hydrogens is 388 g/mol. The fourth-order valence-corrected chi connectivity index (χ4v) is 4.19. The normalized spacial score (nSPS) is 19.2. The zero-order valence-corrected chi connectivity index (χ0v) is 17.9. The second-order valence-corrected chi connectivity index (χ2v) is 8.26. The van der Waals surface area contributed by atoms with Crippen molar-refractivity contribution in [2.24, 2.45) is 5.92 Å². The van der Waals surface area contributed by atoms with Gasteiger partial charge in [-0.05, 0) is 55.7 Å². The van der Waals surface area contributed by atoms with Gasteiger partial charge in [0.2, 0.25) is 5.88 Å². The first-order valence-corrected chi connectivity index (χ1v) is 10.7. The van der Waals surface area contributed by atoms with Gasteiger partial charge in [0.05, 0.1) is 23.9 Å². The van der Waals surface area contributed by atoms with Crippen LogP contribution < -0.4 is 4.74 Å². The van der Waals surface area contributed by atoms with Gasteiger partial charge in [0.25, 0.3) is 0 Å². The Morgan fingerprint density at radius 3 is 2.79 bits per heavy atom. The number of rotatable bonds is 8. The monoisotopic (exact) mass is 416 g/mol. The van der Waals surface area contributed by atoms with Crippen LogP contribution in [-0.4, -0.2) is 34.1 Å². The molecule has 1 unspecified atom stereocenters. The molecule has 0 aliphatic heterocycles. The molecule has 2 atom stereocenters. The predicted molar refractivity (Wildman–Crippen MR) is 114 cm³/mol. The van der Waals surface area contributed by atoms with Gasteiger partial charge in [0.15, 0.2) is 5.78 Å². The van der Waals surface area contributed by atoms with Crippen LogP contribution in [0.5, 0.6) is 5.88 Å². The average Bonchev–Trinajstić information content (AvgIpc) is 2.73. The highest BCUT2D eigenvalue weighted by Crippen LogP contribution is 2.29. The highest BCUT2D eigenvalue weighted by Gasteiger charge is 2.23. The zero-order chi connectivity index (χ0) is 20.8. The average molecular weight is 417 g/mol. The number of carbonyl (C=O) groups excluding carboxylic acids is 1. The van der Waals surface area contributed by atoms with Crippen LogP contribution in [0.2, 0.25) is 5.02 Å². The van der Waals surface area contributed by atoms with E-state index in [1.165, 1.54) is 6.42 Å². The molecule has 1 saturated carbocycles. The van der Waals surface area contributed by atoms with Crippen LogP contribution in [0.4, 0.5) is 0 Å². The first-order chi connectivity index (χ1) is 14.0. The van der Waals surface area contributed by atoms with E-state index in [4.69, 9.17) is 16.3 Å². The van der Waals surface area contributed by atoms with Gasteiger partial charge in [-0.25, -0.2) is 9.97 Å². The minimum Gasteiger partial charge on any atom is -0.481 e. The Labute approximate surface area is 177 Å². The van der Waals surface area contributed by atoms with Crippen molar-refractivity contribution in [1.29, 1.82) is 0 Å². The summed E-state index contributed by atoms with van der Waals surface area (Å²) in [7, 11) is 1.58. The molecule has 0 amide bonds. The van der Waals surface area contributed by atoms with E-state index in [2.05, 4.69) is 9.97 Å². The van der Waals surface area contributed by atoms with E-state index >= 15 is 0 Å². The molecule has 0 saturated heterocycles. The van der Waals surface area contributed by atoms with Crippen LogP contribution >= 0.6 is 11.6 Å². The molecule has 29 heavy (non-hydrogen) atoms. The zero-order valence-electron chi connectivity index (χ0n) is 17.2. The number of Topliss-reactive ketones (excluding diaryl/α,β-unsaturated/α-hetero) is 1. The number of hydrogen-bond donors (Lipinski definition) is 1. The summed E-state index contributed by atoms with van der Waals surface area (Å²) < 4.78 is 5.09. The van der Waals surface area contributed by atoms with Crippen molar-refractivity contribution in [2.75, 3.05) is 7.11 Å². The molecule has 1 aliphatic rings. The molecule has 0 spiro atoms. The van der Waals surface area contributed by atoms with Crippen LogP contribution in [0.15, 0.2) is 24.4 Å². The first-order valence-electron chi connectivity index (χ1n) is 10.3. The Balaban J connectivity index is 1.64.